The van der Waals surface area contributed by atoms with Crippen LogP contribution in [0.1, 0.15) is 12.1 Å². The first kappa shape index (κ1) is 16.4. The van der Waals surface area contributed by atoms with Crippen LogP contribution in [0.2, 0.25) is 0 Å². The van der Waals surface area contributed by atoms with Crippen LogP contribution in [-0.4, -0.2) is 49.2 Å². The first-order valence-corrected chi connectivity index (χ1v) is 7.54. The normalized spacial score (nSPS) is 20.5. The largest absolute Gasteiger partial charge is 0.319 e. The van der Waals surface area contributed by atoms with Gasteiger partial charge in [-0.2, -0.15) is 9.40 Å². The van der Waals surface area contributed by atoms with Crippen LogP contribution in [0.4, 0.5) is 0 Å². The van der Waals surface area contributed by atoms with Crippen LogP contribution in [0.3, 0.4) is 0 Å². The lowest BCUT2D eigenvalue weighted by molar-refractivity contribution is 0.450. The van der Waals surface area contributed by atoms with Crippen LogP contribution < -0.4 is 5.32 Å². The smallest absolute Gasteiger partial charge is 0.246 e. The molecule has 1 aliphatic rings. The quantitative estimate of drug-likeness (QED) is 0.873. The van der Waals surface area contributed by atoms with E-state index in [-0.39, 0.29) is 12.4 Å². The van der Waals surface area contributed by atoms with Gasteiger partial charge in [-0.1, -0.05) is 0 Å². The van der Waals surface area contributed by atoms with Crippen LogP contribution in [0, 0.1) is 12.8 Å². The van der Waals surface area contributed by atoms with Gasteiger partial charge in [0.2, 0.25) is 10.0 Å². The number of aromatic nitrogens is 2. The maximum absolute atomic E-state index is 12.5. The molecule has 1 unspecified atom stereocenters. The molecule has 6 nitrogen and oxygen atoms in total. The second-order valence-electron chi connectivity index (χ2n) is 4.79. The van der Waals surface area contributed by atoms with Crippen molar-refractivity contribution in [3.8, 4) is 0 Å². The summed E-state index contributed by atoms with van der Waals surface area (Å²) < 4.78 is 28.1. The van der Waals surface area contributed by atoms with Gasteiger partial charge in [-0.05, 0) is 32.9 Å². The van der Waals surface area contributed by atoms with Crippen molar-refractivity contribution in [3.63, 3.8) is 0 Å². The lowest BCUT2D eigenvalue weighted by atomic mass is 10.1. The van der Waals surface area contributed by atoms with Crippen molar-refractivity contribution in [1.82, 2.24) is 19.4 Å². The SMILES string of the molecule is CNCC1CCN(S(=O)(=O)c2cnn(C)c2C)C1.Cl. The molecule has 1 atom stereocenters. The number of nitrogens with one attached hydrogen (secondary N) is 1. The summed E-state index contributed by atoms with van der Waals surface area (Å²) in [5, 5.41) is 7.11. The van der Waals surface area contributed by atoms with E-state index in [1.807, 2.05) is 7.05 Å². The van der Waals surface area contributed by atoms with E-state index < -0.39 is 10.0 Å². The van der Waals surface area contributed by atoms with Crippen molar-refractivity contribution in [1.29, 1.82) is 0 Å². The van der Waals surface area contributed by atoms with E-state index in [9.17, 15) is 8.42 Å². The van der Waals surface area contributed by atoms with Gasteiger partial charge in [0.1, 0.15) is 4.90 Å². The molecule has 2 heterocycles. The Hall–Kier alpha value is -0.630. The molecule has 8 heteroatoms. The Labute approximate surface area is 120 Å². The molecule has 0 aromatic carbocycles. The zero-order chi connectivity index (χ0) is 13.3. The van der Waals surface area contributed by atoms with Crippen molar-refractivity contribution in [2.45, 2.75) is 18.2 Å². The monoisotopic (exact) mass is 308 g/mol. The summed E-state index contributed by atoms with van der Waals surface area (Å²) >= 11 is 0. The molecule has 0 saturated carbocycles. The summed E-state index contributed by atoms with van der Waals surface area (Å²) in [5.41, 5.74) is 0.687. The topological polar surface area (TPSA) is 67.2 Å². The minimum atomic E-state index is -3.38. The Morgan fingerprint density at radius 2 is 2.21 bits per heavy atom. The molecule has 1 aliphatic heterocycles. The lowest BCUT2D eigenvalue weighted by Crippen LogP contribution is -2.30. The van der Waals surface area contributed by atoms with Crippen molar-refractivity contribution < 1.29 is 8.42 Å². The van der Waals surface area contributed by atoms with Gasteiger partial charge < -0.3 is 5.32 Å². The number of halogens is 1. The third kappa shape index (κ3) is 3.10. The predicted octanol–water partition coefficient (Wildman–Crippen LogP) is 0.380. The lowest BCUT2D eigenvalue weighted by Gasteiger charge is -2.16. The molecule has 1 aromatic rings. The third-order valence-electron chi connectivity index (χ3n) is 3.55. The molecule has 0 aliphatic carbocycles. The fourth-order valence-corrected chi connectivity index (χ4v) is 4.06. The molecule has 0 amide bonds. The first-order valence-electron chi connectivity index (χ1n) is 6.10. The third-order valence-corrected chi connectivity index (χ3v) is 5.52. The minimum absolute atomic E-state index is 0. The van der Waals surface area contributed by atoms with Gasteiger partial charge in [0.25, 0.3) is 0 Å². The van der Waals surface area contributed by atoms with Gasteiger partial charge in [-0.25, -0.2) is 8.42 Å². The number of rotatable bonds is 4. The molecule has 0 radical (unpaired) electrons. The van der Waals surface area contributed by atoms with Gasteiger partial charge in [-0.3, -0.25) is 4.68 Å². The van der Waals surface area contributed by atoms with E-state index in [1.54, 1.807) is 23.0 Å². The van der Waals surface area contributed by atoms with Crippen molar-refractivity contribution in [2.24, 2.45) is 13.0 Å². The average molecular weight is 309 g/mol. The average Bonchev–Trinajstić information content (AvgIpc) is 2.89. The van der Waals surface area contributed by atoms with E-state index in [0.717, 1.165) is 13.0 Å². The Morgan fingerprint density at radius 1 is 1.53 bits per heavy atom. The summed E-state index contributed by atoms with van der Waals surface area (Å²) in [6.45, 7) is 3.83. The number of nitrogens with zero attached hydrogens (tertiary/aromatic N) is 3. The van der Waals surface area contributed by atoms with E-state index in [4.69, 9.17) is 0 Å². The minimum Gasteiger partial charge on any atom is -0.319 e. The molecule has 1 aromatic heterocycles. The molecule has 1 saturated heterocycles. The zero-order valence-electron chi connectivity index (χ0n) is 11.5. The highest BCUT2D eigenvalue weighted by Gasteiger charge is 2.34. The Balaban J connectivity index is 0.00000180. The van der Waals surface area contributed by atoms with Crippen LogP contribution in [0.15, 0.2) is 11.1 Å². The molecular weight excluding hydrogens is 288 g/mol. The van der Waals surface area contributed by atoms with Gasteiger partial charge >= 0.3 is 0 Å². The molecule has 110 valence electrons. The van der Waals surface area contributed by atoms with Gasteiger partial charge in [0, 0.05) is 20.1 Å². The zero-order valence-corrected chi connectivity index (χ0v) is 13.1. The highest BCUT2D eigenvalue weighted by atomic mass is 35.5. The second-order valence-corrected chi connectivity index (χ2v) is 6.70. The summed E-state index contributed by atoms with van der Waals surface area (Å²) in [6.07, 6.45) is 2.36. The number of aryl methyl sites for hydroxylation is 1. The maximum Gasteiger partial charge on any atom is 0.246 e. The summed E-state index contributed by atoms with van der Waals surface area (Å²) in [6, 6.07) is 0. The number of hydrogen-bond acceptors (Lipinski definition) is 4. The Kier molecular flexibility index (Phi) is 5.37. The highest BCUT2D eigenvalue weighted by molar-refractivity contribution is 7.89. The van der Waals surface area contributed by atoms with E-state index in [1.165, 1.54) is 6.20 Å². The molecule has 0 spiro atoms. The van der Waals surface area contributed by atoms with Gasteiger partial charge in [0.15, 0.2) is 0 Å². The molecule has 19 heavy (non-hydrogen) atoms. The van der Waals surface area contributed by atoms with Crippen molar-refractivity contribution in [3.05, 3.63) is 11.9 Å². The summed E-state index contributed by atoms with van der Waals surface area (Å²) in [5.74, 6) is 0.404. The van der Waals surface area contributed by atoms with Crippen LogP contribution in [0.5, 0.6) is 0 Å². The second kappa shape index (κ2) is 6.21. The number of sulfonamides is 1. The van der Waals surface area contributed by atoms with E-state index in [0.29, 0.717) is 29.6 Å². The van der Waals surface area contributed by atoms with Crippen LogP contribution >= 0.6 is 12.4 Å². The van der Waals surface area contributed by atoms with Gasteiger partial charge in [0.05, 0.1) is 11.9 Å². The standard InChI is InChI=1S/C11H20N4O2S.ClH/c1-9-11(7-13-14(9)3)18(16,17)15-5-4-10(8-15)6-12-2;/h7,10,12H,4-6,8H2,1-3H3;1H. The maximum atomic E-state index is 12.5. The fraction of sp³-hybridized carbons (Fsp3) is 0.727. The van der Waals surface area contributed by atoms with Crippen molar-refractivity contribution >= 4 is 22.4 Å². The van der Waals surface area contributed by atoms with Crippen LogP contribution in [0.25, 0.3) is 0 Å². The van der Waals surface area contributed by atoms with E-state index in [2.05, 4.69) is 10.4 Å². The Morgan fingerprint density at radius 3 is 2.74 bits per heavy atom. The van der Waals surface area contributed by atoms with Crippen LogP contribution in [-0.2, 0) is 17.1 Å². The number of hydrogen-bond donors (Lipinski definition) is 1. The van der Waals surface area contributed by atoms with Crippen molar-refractivity contribution in [2.75, 3.05) is 26.7 Å². The highest BCUT2D eigenvalue weighted by Crippen LogP contribution is 2.25. The van der Waals surface area contributed by atoms with Gasteiger partial charge in [-0.15, -0.1) is 12.4 Å². The Bertz CT molecular complexity index is 529. The fourth-order valence-electron chi connectivity index (χ4n) is 2.34. The molecule has 0 bridgehead atoms. The van der Waals surface area contributed by atoms with E-state index >= 15 is 0 Å². The summed E-state index contributed by atoms with van der Waals surface area (Å²) in [4.78, 5) is 0.329. The molecule has 1 fully saturated rings. The first-order chi connectivity index (χ1) is 8.46. The molecular formula is C11H21ClN4O2S. The summed E-state index contributed by atoms with van der Waals surface area (Å²) in [7, 11) is 0.266. The molecule has 1 N–H and O–H groups in total. The molecule has 2 rings (SSSR count). The predicted molar refractivity (Wildman–Crippen MR) is 76.0 cm³/mol.